The zero-order valence-electron chi connectivity index (χ0n) is 26.0. The van der Waals surface area contributed by atoms with Crippen LogP contribution in [0.2, 0.25) is 10.0 Å². The number of methoxy groups -OCH3 is 2. The number of hydrogen-bond acceptors (Lipinski definition) is 9. The average Bonchev–Trinajstić information content (AvgIpc) is 3.10. The van der Waals surface area contributed by atoms with Gasteiger partial charge in [-0.05, 0) is 49.9 Å². The third kappa shape index (κ3) is 7.39. The maximum Gasteiger partial charge on any atom is 0.327 e. The topological polar surface area (TPSA) is 129 Å². The van der Waals surface area contributed by atoms with Gasteiger partial charge in [0.15, 0.2) is 0 Å². The van der Waals surface area contributed by atoms with E-state index in [1.54, 1.807) is 13.1 Å². The molecule has 0 atom stereocenters. The number of piperazine rings is 1. The summed E-state index contributed by atoms with van der Waals surface area (Å²) in [6, 6.07) is 10.6. The van der Waals surface area contributed by atoms with Gasteiger partial charge < -0.3 is 34.7 Å². The van der Waals surface area contributed by atoms with Gasteiger partial charge >= 0.3 is 6.03 Å². The van der Waals surface area contributed by atoms with Gasteiger partial charge in [0.05, 0.1) is 19.9 Å². The summed E-state index contributed by atoms with van der Waals surface area (Å²) in [7, 11) is 4.46. The smallest absolute Gasteiger partial charge is 0.327 e. The van der Waals surface area contributed by atoms with Crippen molar-refractivity contribution in [2.45, 2.75) is 25.7 Å². The standard InChI is InChI=1S/C32H37Cl2N7O5/c1-39(32(44)38-30-28(33)24(45-2)16-25(46-3)29(30)34)27-17-26(35-19-36-27)37-22-8-10-23(11-9-22)40-12-14-41(15-13-40)31(43)21-6-4-20(18-42)5-7-21/h8-11,16-21H,4-7,12-15H2,1-3H3,(H,38,44)(H,35,36,37). The summed E-state index contributed by atoms with van der Waals surface area (Å²) >= 11 is 12.8. The second-order valence-corrected chi connectivity index (χ2v) is 12.0. The van der Waals surface area contributed by atoms with E-state index in [9.17, 15) is 14.4 Å². The van der Waals surface area contributed by atoms with E-state index in [0.717, 1.165) is 56.4 Å². The first-order chi connectivity index (χ1) is 22.2. The fraction of sp³-hybridized carbons (Fsp3) is 0.406. The number of amides is 3. The Morgan fingerprint density at radius 1 is 0.935 bits per heavy atom. The molecule has 2 fully saturated rings. The van der Waals surface area contributed by atoms with Crippen molar-refractivity contribution in [2.75, 3.05) is 67.9 Å². The molecule has 3 amide bonds. The quantitative estimate of drug-likeness (QED) is 0.269. The molecule has 46 heavy (non-hydrogen) atoms. The molecule has 1 aromatic heterocycles. The van der Waals surface area contributed by atoms with Crippen LogP contribution in [-0.4, -0.2) is 80.5 Å². The minimum atomic E-state index is -0.541. The largest absolute Gasteiger partial charge is 0.495 e. The minimum absolute atomic E-state index is 0.0404. The molecule has 1 aliphatic carbocycles. The molecular formula is C32H37Cl2N7O5. The van der Waals surface area contributed by atoms with E-state index in [1.165, 1.54) is 31.5 Å². The van der Waals surface area contributed by atoms with Gasteiger partial charge in [-0.1, -0.05) is 23.2 Å². The van der Waals surface area contributed by atoms with Crippen molar-refractivity contribution in [1.29, 1.82) is 0 Å². The Morgan fingerprint density at radius 2 is 1.57 bits per heavy atom. The van der Waals surface area contributed by atoms with Crippen LogP contribution in [0.25, 0.3) is 0 Å². The molecule has 1 saturated carbocycles. The highest BCUT2D eigenvalue weighted by Gasteiger charge is 2.31. The van der Waals surface area contributed by atoms with E-state index in [-0.39, 0.29) is 33.5 Å². The van der Waals surface area contributed by atoms with E-state index in [4.69, 9.17) is 32.7 Å². The molecule has 14 heteroatoms. The van der Waals surface area contributed by atoms with Gasteiger partial charge in [-0.2, -0.15) is 0 Å². The molecule has 1 saturated heterocycles. The Balaban J connectivity index is 1.16. The Hall–Kier alpha value is -4.29. The fourth-order valence-corrected chi connectivity index (χ4v) is 6.33. The molecule has 2 aliphatic rings. The lowest BCUT2D eigenvalue weighted by molar-refractivity contribution is -0.137. The molecular weight excluding hydrogens is 633 g/mol. The number of ether oxygens (including phenoxy) is 2. The first-order valence-electron chi connectivity index (χ1n) is 15.0. The van der Waals surface area contributed by atoms with E-state index in [2.05, 4.69) is 25.5 Å². The van der Waals surface area contributed by atoms with Gasteiger partial charge in [-0.15, -0.1) is 0 Å². The van der Waals surface area contributed by atoms with E-state index in [0.29, 0.717) is 36.2 Å². The van der Waals surface area contributed by atoms with E-state index < -0.39 is 6.03 Å². The maximum atomic E-state index is 13.1. The summed E-state index contributed by atoms with van der Waals surface area (Å²) in [5, 5.41) is 6.23. The van der Waals surface area contributed by atoms with Crippen molar-refractivity contribution in [2.24, 2.45) is 11.8 Å². The average molecular weight is 671 g/mol. The molecule has 0 bridgehead atoms. The van der Waals surface area contributed by atoms with Crippen LogP contribution in [0, 0.1) is 11.8 Å². The number of halogens is 2. The van der Waals surface area contributed by atoms with Gasteiger partial charge in [0.1, 0.15) is 45.8 Å². The highest BCUT2D eigenvalue weighted by atomic mass is 35.5. The second-order valence-electron chi connectivity index (χ2n) is 11.3. The Labute approximate surface area is 278 Å². The van der Waals surface area contributed by atoms with Crippen LogP contribution >= 0.6 is 23.2 Å². The monoisotopic (exact) mass is 669 g/mol. The number of aromatic nitrogens is 2. The lowest BCUT2D eigenvalue weighted by Crippen LogP contribution is -2.50. The van der Waals surface area contributed by atoms with Crippen LogP contribution < -0.4 is 29.9 Å². The first kappa shape index (κ1) is 33.1. The summed E-state index contributed by atoms with van der Waals surface area (Å²) in [5.41, 5.74) is 2.02. The number of carbonyl (C=O) groups excluding carboxylic acids is 3. The fourth-order valence-electron chi connectivity index (χ4n) is 5.74. The summed E-state index contributed by atoms with van der Waals surface area (Å²) < 4.78 is 10.5. The number of aldehydes is 1. The van der Waals surface area contributed by atoms with Crippen molar-refractivity contribution in [1.82, 2.24) is 14.9 Å². The number of anilines is 5. The van der Waals surface area contributed by atoms with Crippen LogP contribution in [-0.2, 0) is 9.59 Å². The molecule has 3 aromatic rings. The molecule has 0 radical (unpaired) electrons. The zero-order valence-corrected chi connectivity index (χ0v) is 27.5. The van der Waals surface area contributed by atoms with Crippen LogP contribution in [0.15, 0.2) is 42.7 Å². The molecule has 2 aromatic carbocycles. The Morgan fingerprint density at radius 3 is 2.15 bits per heavy atom. The Bertz CT molecular complexity index is 1530. The zero-order chi connectivity index (χ0) is 32.8. The number of hydrogen-bond donors (Lipinski definition) is 2. The van der Waals surface area contributed by atoms with Gasteiger partial charge in [-0.25, -0.2) is 14.8 Å². The normalized spacial score (nSPS) is 18.0. The molecule has 5 rings (SSSR count). The van der Waals surface area contributed by atoms with Gasteiger partial charge in [0.2, 0.25) is 5.91 Å². The third-order valence-corrected chi connectivity index (χ3v) is 9.27. The maximum absolute atomic E-state index is 13.1. The van der Waals surface area contributed by atoms with Crippen molar-refractivity contribution >= 4 is 70.1 Å². The SMILES string of the molecule is COc1cc(OC)c(Cl)c(NC(=O)N(C)c2cc(Nc3ccc(N4CCN(C(=O)C5CCC(C=O)CC5)CC4)cc3)ncn2)c1Cl. The predicted molar refractivity (Wildman–Crippen MR) is 179 cm³/mol. The molecule has 1 aliphatic heterocycles. The van der Waals surface area contributed by atoms with E-state index >= 15 is 0 Å². The van der Waals surface area contributed by atoms with Crippen molar-refractivity contribution in [3.05, 3.63) is 52.8 Å². The number of nitrogens with zero attached hydrogens (tertiary/aromatic N) is 5. The molecule has 2 heterocycles. The predicted octanol–water partition coefficient (Wildman–Crippen LogP) is 5.87. The van der Waals surface area contributed by atoms with Gasteiger partial charge in [0.25, 0.3) is 0 Å². The molecule has 0 spiro atoms. The molecule has 0 unspecified atom stereocenters. The number of nitrogens with one attached hydrogen (secondary N) is 2. The number of benzene rings is 2. The molecule has 12 nitrogen and oxygen atoms in total. The lowest BCUT2D eigenvalue weighted by atomic mass is 9.82. The third-order valence-electron chi connectivity index (χ3n) is 8.52. The van der Waals surface area contributed by atoms with Gasteiger partial charge in [-0.3, -0.25) is 9.69 Å². The summed E-state index contributed by atoms with van der Waals surface area (Å²) in [6.07, 6.45) is 5.62. The summed E-state index contributed by atoms with van der Waals surface area (Å²) in [5.74, 6) is 1.79. The number of carbonyl (C=O) groups is 3. The summed E-state index contributed by atoms with van der Waals surface area (Å²) in [6.45, 7) is 2.87. The first-order valence-corrected chi connectivity index (χ1v) is 15.8. The number of rotatable bonds is 9. The van der Waals surface area contributed by atoms with Crippen LogP contribution in [0.3, 0.4) is 0 Å². The van der Waals surface area contributed by atoms with Crippen LogP contribution in [0.4, 0.5) is 33.5 Å². The van der Waals surface area contributed by atoms with E-state index in [1.807, 2.05) is 29.2 Å². The highest BCUT2D eigenvalue weighted by molar-refractivity contribution is 6.41. The summed E-state index contributed by atoms with van der Waals surface area (Å²) in [4.78, 5) is 51.3. The second kappa shape index (κ2) is 14.9. The van der Waals surface area contributed by atoms with Gasteiger partial charge in [0, 0.05) is 68.6 Å². The van der Waals surface area contributed by atoms with Crippen molar-refractivity contribution in [3.8, 4) is 11.5 Å². The number of urea groups is 1. The van der Waals surface area contributed by atoms with Crippen molar-refractivity contribution < 1.29 is 23.9 Å². The van der Waals surface area contributed by atoms with Crippen molar-refractivity contribution in [3.63, 3.8) is 0 Å². The molecule has 2 N–H and O–H groups in total. The van der Waals surface area contributed by atoms with Crippen LogP contribution in [0.5, 0.6) is 11.5 Å². The highest BCUT2D eigenvalue weighted by Crippen LogP contribution is 2.44. The lowest BCUT2D eigenvalue weighted by Gasteiger charge is -2.38. The molecule has 244 valence electrons. The minimum Gasteiger partial charge on any atom is -0.495 e. The van der Waals surface area contributed by atoms with Crippen LogP contribution in [0.1, 0.15) is 25.7 Å². The Kier molecular flexibility index (Phi) is 10.7.